The molecule has 1 atom stereocenters. The number of nitrogens with one attached hydrogen (secondary N) is 3. The molecule has 0 saturated carbocycles. The van der Waals surface area contributed by atoms with E-state index in [9.17, 15) is 22.8 Å². The fourth-order valence-corrected chi connectivity index (χ4v) is 4.42. The summed E-state index contributed by atoms with van der Waals surface area (Å²) in [6.45, 7) is 0. The Hall–Kier alpha value is -3.80. The molecule has 0 fully saturated rings. The summed E-state index contributed by atoms with van der Waals surface area (Å²) in [6.07, 6.45) is 3.19. The number of thiazole rings is 1. The molecule has 0 aliphatic heterocycles. The molecule has 8 nitrogen and oxygen atoms in total. The van der Waals surface area contributed by atoms with E-state index in [0.29, 0.717) is 40.0 Å². The predicted molar refractivity (Wildman–Crippen MR) is 134 cm³/mol. The van der Waals surface area contributed by atoms with Crippen LogP contribution in [0.5, 0.6) is 0 Å². The van der Waals surface area contributed by atoms with Crippen molar-refractivity contribution in [1.29, 1.82) is 0 Å². The molecule has 3 heterocycles. The van der Waals surface area contributed by atoms with Gasteiger partial charge in [-0.15, -0.1) is 11.3 Å². The fraction of sp³-hybridized carbons (Fsp3) is 0.320. The number of alkyl halides is 3. The van der Waals surface area contributed by atoms with Crippen LogP contribution in [0.4, 0.5) is 13.2 Å². The third-order valence-corrected chi connectivity index (χ3v) is 6.66. The number of rotatable bonds is 10. The number of pyridine rings is 1. The minimum Gasteiger partial charge on any atom is -0.359 e. The zero-order valence-corrected chi connectivity index (χ0v) is 20.7. The molecule has 0 spiro atoms. The Kier molecular flexibility index (Phi) is 8.17. The van der Waals surface area contributed by atoms with E-state index in [1.165, 1.54) is 23.7 Å². The molecule has 0 aliphatic carbocycles. The maximum atomic E-state index is 13.0. The van der Waals surface area contributed by atoms with Crippen molar-refractivity contribution < 1.29 is 22.8 Å². The molecule has 1 aromatic carbocycles. The molecule has 194 valence electrons. The number of nitrogens with zero attached hydrogens (tertiary/aromatic N) is 3. The number of fused-ring (bicyclic) bond motifs is 1. The molecule has 3 aromatic heterocycles. The first-order valence-corrected chi connectivity index (χ1v) is 12.5. The van der Waals surface area contributed by atoms with Gasteiger partial charge in [0.2, 0.25) is 5.91 Å². The van der Waals surface area contributed by atoms with Crippen LogP contribution >= 0.6 is 11.3 Å². The number of carbonyl (C=O) groups is 2. The zero-order valence-electron chi connectivity index (χ0n) is 19.9. The van der Waals surface area contributed by atoms with E-state index in [0.717, 1.165) is 30.9 Å². The van der Waals surface area contributed by atoms with Gasteiger partial charge in [0.05, 0.1) is 29.6 Å². The lowest BCUT2D eigenvalue weighted by Crippen LogP contribution is -2.28. The number of imidazole rings is 1. The van der Waals surface area contributed by atoms with E-state index in [4.69, 9.17) is 0 Å². The summed E-state index contributed by atoms with van der Waals surface area (Å²) in [5.74, 6) is 0.295. The highest BCUT2D eigenvalue weighted by molar-refractivity contribution is 7.11. The quantitative estimate of drug-likeness (QED) is 0.242. The molecule has 0 saturated heterocycles. The summed E-state index contributed by atoms with van der Waals surface area (Å²) in [4.78, 5) is 39.9. The Morgan fingerprint density at radius 3 is 2.62 bits per heavy atom. The Labute approximate surface area is 214 Å². The van der Waals surface area contributed by atoms with Crippen LogP contribution in [0.1, 0.15) is 59.3 Å². The van der Waals surface area contributed by atoms with Crippen LogP contribution in [0.3, 0.4) is 0 Å². The number of aromatic nitrogens is 4. The third-order valence-electron chi connectivity index (χ3n) is 5.89. The van der Waals surface area contributed by atoms with Gasteiger partial charge in [-0.2, -0.15) is 13.2 Å². The Bertz CT molecular complexity index is 1370. The number of unbranched alkanes of at least 4 members (excludes halogenated alkanes) is 2. The topological polar surface area (TPSA) is 113 Å². The maximum Gasteiger partial charge on any atom is 0.433 e. The fourth-order valence-electron chi connectivity index (χ4n) is 3.89. The normalized spacial score (nSPS) is 12.4. The zero-order chi connectivity index (χ0) is 26.4. The van der Waals surface area contributed by atoms with E-state index >= 15 is 0 Å². The smallest absolute Gasteiger partial charge is 0.359 e. The molecular formula is C25H25F3N6O2S. The molecule has 0 radical (unpaired) electrons. The first-order valence-electron chi connectivity index (χ1n) is 11.7. The summed E-state index contributed by atoms with van der Waals surface area (Å²) in [5, 5.41) is 6.60. The second-order valence-corrected chi connectivity index (χ2v) is 9.36. The molecule has 37 heavy (non-hydrogen) atoms. The van der Waals surface area contributed by atoms with Crippen LogP contribution in [-0.2, 0) is 11.0 Å². The van der Waals surface area contributed by atoms with Crippen molar-refractivity contribution in [2.45, 2.75) is 44.3 Å². The van der Waals surface area contributed by atoms with Gasteiger partial charge in [-0.05, 0) is 30.4 Å². The van der Waals surface area contributed by atoms with Crippen molar-refractivity contribution in [3.63, 3.8) is 0 Å². The van der Waals surface area contributed by atoms with Crippen LogP contribution in [0.2, 0.25) is 0 Å². The minimum atomic E-state index is -4.51. The van der Waals surface area contributed by atoms with E-state index in [1.54, 1.807) is 37.0 Å². The molecular weight excluding hydrogens is 505 g/mol. The molecule has 2 amide bonds. The molecule has 0 aliphatic rings. The lowest BCUT2D eigenvalue weighted by molar-refractivity contribution is -0.141. The number of carbonyl (C=O) groups excluding carboxylic acids is 2. The number of amides is 2. The minimum absolute atomic E-state index is 0.00839. The molecule has 0 bridgehead atoms. The summed E-state index contributed by atoms with van der Waals surface area (Å²) in [7, 11) is 1.60. The van der Waals surface area contributed by atoms with Crippen LogP contribution < -0.4 is 10.6 Å². The second-order valence-electron chi connectivity index (χ2n) is 8.48. The van der Waals surface area contributed by atoms with Gasteiger partial charge in [-0.25, -0.2) is 4.98 Å². The largest absolute Gasteiger partial charge is 0.433 e. The first-order chi connectivity index (χ1) is 17.7. The van der Waals surface area contributed by atoms with Gasteiger partial charge in [0.1, 0.15) is 16.4 Å². The van der Waals surface area contributed by atoms with E-state index in [-0.39, 0.29) is 11.8 Å². The number of halogens is 3. The summed E-state index contributed by atoms with van der Waals surface area (Å²) in [5.41, 5.74) is 2.03. The van der Waals surface area contributed by atoms with E-state index in [1.807, 2.05) is 0 Å². The highest BCUT2D eigenvalue weighted by Gasteiger charge is 2.32. The monoisotopic (exact) mass is 530 g/mol. The van der Waals surface area contributed by atoms with Crippen LogP contribution in [-0.4, -0.2) is 38.8 Å². The molecule has 12 heteroatoms. The van der Waals surface area contributed by atoms with Crippen molar-refractivity contribution >= 4 is 33.9 Å². The number of benzene rings is 1. The van der Waals surface area contributed by atoms with Gasteiger partial charge in [0.15, 0.2) is 0 Å². The number of H-pyrrole nitrogens is 1. The van der Waals surface area contributed by atoms with Gasteiger partial charge in [0.25, 0.3) is 5.91 Å². The van der Waals surface area contributed by atoms with E-state index < -0.39 is 17.9 Å². The first kappa shape index (κ1) is 26.3. The lowest BCUT2D eigenvalue weighted by Gasteiger charge is -2.16. The second kappa shape index (κ2) is 11.5. The summed E-state index contributed by atoms with van der Waals surface area (Å²) < 4.78 is 38.9. The molecule has 3 N–H and O–H groups in total. The van der Waals surface area contributed by atoms with Gasteiger partial charge < -0.3 is 15.6 Å². The summed E-state index contributed by atoms with van der Waals surface area (Å²) in [6, 6.07) is 5.68. The number of hydrogen-bond acceptors (Lipinski definition) is 6. The predicted octanol–water partition coefficient (Wildman–Crippen LogP) is 5.27. The van der Waals surface area contributed by atoms with Crippen molar-refractivity contribution in [1.82, 2.24) is 30.6 Å². The highest BCUT2D eigenvalue weighted by atomic mass is 32.1. The Morgan fingerprint density at radius 1 is 1.05 bits per heavy atom. The number of aromatic amines is 1. The van der Waals surface area contributed by atoms with Crippen molar-refractivity contribution in [2.24, 2.45) is 0 Å². The highest BCUT2D eigenvalue weighted by Crippen LogP contribution is 2.31. The lowest BCUT2D eigenvalue weighted by atomic mass is 10.1. The molecule has 4 rings (SSSR count). The van der Waals surface area contributed by atoms with Crippen molar-refractivity contribution in [2.75, 3.05) is 7.05 Å². The molecule has 1 unspecified atom stereocenters. The summed E-state index contributed by atoms with van der Waals surface area (Å²) >= 11 is 1.24. The van der Waals surface area contributed by atoms with Crippen molar-refractivity contribution in [3.8, 4) is 11.3 Å². The van der Waals surface area contributed by atoms with Crippen LogP contribution in [0.15, 0.2) is 48.4 Å². The Balaban J connectivity index is 1.51. The Morgan fingerprint density at radius 2 is 1.89 bits per heavy atom. The average Bonchev–Trinajstić information content (AvgIpc) is 3.59. The van der Waals surface area contributed by atoms with Crippen LogP contribution in [0.25, 0.3) is 22.0 Å². The van der Waals surface area contributed by atoms with Gasteiger partial charge in [-0.3, -0.25) is 19.6 Å². The third kappa shape index (κ3) is 6.70. The van der Waals surface area contributed by atoms with Gasteiger partial charge >= 0.3 is 6.18 Å². The van der Waals surface area contributed by atoms with E-state index in [2.05, 4.69) is 30.6 Å². The van der Waals surface area contributed by atoms with Crippen LogP contribution in [0, 0.1) is 0 Å². The number of hydrogen-bond donors (Lipinski definition) is 3. The maximum absolute atomic E-state index is 13.0. The molecule has 4 aromatic rings. The standard InChI is InChI=1S/C25H25F3N6O2S/c1-29-22(35)6-4-2-3-5-18(34-24(36)20-13-30-14-37-20)23-32-12-19(33-23)16-8-7-15-10-21(25(26,27)28)31-11-17(15)9-16/h7-14,18H,2-6H2,1H3,(H,29,35)(H,32,33)(H,34,36). The SMILES string of the molecule is CNC(=O)CCCCCC(NC(=O)c1cncs1)c1ncc(-c2ccc3cc(C(F)(F)F)ncc3c2)[nH]1. The van der Waals surface area contributed by atoms with Crippen molar-refractivity contribution in [3.05, 3.63) is 64.8 Å². The van der Waals surface area contributed by atoms with Gasteiger partial charge in [0, 0.05) is 30.6 Å². The van der Waals surface area contributed by atoms with Gasteiger partial charge in [-0.1, -0.05) is 25.0 Å². The average molecular weight is 531 g/mol.